The number of hydrogen-bond donors (Lipinski definition) is 0. The van der Waals surface area contributed by atoms with E-state index in [0.717, 1.165) is 18.0 Å². The maximum Gasteiger partial charge on any atom is 0.337 e. The van der Waals surface area contributed by atoms with Crippen LogP contribution in [0.3, 0.4) is 0 Å². The molecule has 0 bridgehead atoms. The summed E-state index contributed by atoms with van der Waals surface area (Å²) in [6, 6.07) is 11.1. The number of benzene rings is 2. The number of ether oxygens (including phenoxy) is 3. The number of carbonyl (C=O) groups is 2. The first kappa shape index (κ1) is 28.0. The molecule has 4 aromatic rings. The first-order valence-electron chi connectivity index (χ1n) is 13.6. The van der Waals surface area contributed by atoms with E-state index >= 15 is 0 Å². The van der Waals surface area contributed by atoms with E-state index in [2.05, 4.69) is 9.83 Å². The van der Waals surface area contributed by atoms with E-state index in [0.29, 0.717) is 43.1 Å². The number of methoxy groups -OCH3 is 1. The first-order valence-corrected chi connectivity index (χ1v) is 13.6. The molecule has 2 fully saturated rings. The Kier molecular flexibility index (Phi) is 7.60. The maximum absolute atomic E-state index is 14.6. The first-order chi connectivity index (χ1) is 20.8. The lowest BCUT2D eigenvalue weighted by Crippen LogP contribution is -2.34. The van der Waals surface area contributed by atoms with E-state index in [1.165, 1.54) is 36.3 Å². The van der Waals surface area contributed by atoms with Crippen LogP contribution in [0.5, 0.6) is 5.75 Å². The minimum absolute atomic E-state index is 0.00634. The number of rotatable bonds is 9. The molecule has 43 heavy (non-hydrogen) atoms. The number of amides is 2. The van der Waals surface area contributed by atoms with E-state index in [1.54, 1.807) is 23.1 Å². The van der Waals surface area contributed by atoms with Gasteiger partial charge in [-0.15, -0.1) is 0 Å². The highest BCUT2D eigenvalue weighted by Crippen LogP contribution is 2.27. The minimum atomic E-state index is -0.744. The van der Waals surface area contributed by atoms with Crippen LogP contribution in [0.15, 0.2) is 48.5 Å². The zero-order valence-corrected chi connectivity index (χ0v) is 23.1. The molecule has 0 saturated carbocycles. The molecule has 4 heterocycles. The van der Waals surface area contributed by atoms with Crippen LogP contribution in [0.25, 0.3) is 15.9 Å². The molecule has 1 atom stereocenters. The zero-order chi connectivity index (χ0) is 30.1. The summed E-state index contributed by atoms with van der Waals surface area (Å²) in [7, 11) is 1.32. The van der Waals surface area contributed by atoms with Gasteiger partial charge in [-0.1, -0.05) is 6.07 Å². The van der Waals surface area contributed by atoms with Gasteiger partial charge in [-0.25, -0.2) is 33.2 Å². The van der Waals surface area contributed by atoms with Gasteiger partial charge in [0.05, 0.1) is 49.5 Å². The lowest BCUT2D eigenvalue weighted by molar-refractivity contribution is -0.0591. The number of fused-ring (bicyclic) bond motifs is 1. The predicted octanol–water partition coefficient (Wildman–Crippen LogP) is 4.86. The molecule has 6 rings (SSSR count). The van der Waals surface area contributed by atoms with Gasteiger partial charge in [0.15, 0.2) is 17.3 Å². The molecule has 0 N–H and O–H groups in total. The maximum atomic E-state index is 14.6. The molecule has 2 aromatic heterocycles. The van der Waals surface area contributed by atoms with Crippen LogP contribution in [0.4, 0.5) is 25.1 Å². The Balaban J connectivity index is 1.20. The van der Waals surface area contributed by atoms with Gasteiger partial charge in [0, 0.05) is 19.7 Å². The predicted molar refractivity (Wildman–Crippen MR) is 150 cm³/mol. The van der Waals surface area contributed by atoms with Crippen molar-refractivity contribution in [1.29, 1.82) is 0 Å². The number of pyridine rings is 1. The summed E-state index contributed by atoms with van der Waals surface area (Å²) < 4.78 is 46.7. The molecule has 2 aliphatic heterocycles. The van der Waals surface area contributed by atoms with Crippen molar-refractivity contribution in [2.75, 3.05) is 31.7 Å². The van der Waals surface area contributed by atoms with Gasteiger partial charge in [-0.05, 0) is 48.9 Å². The van der Waals surface area contributed by atoms with Crippen LogP contribution in [0, 0.1) is 18.2 Å². The monoisotopic (exact) mass is 588 g/mol. The second-order valence-electron chi connectivity index (χ2n) is 10.1. The number of urea groups is 1. The van der Waals surface area contributed by atoms with E-state index in [4.69, 9.17) is 25.8 Å². The Labute approximate surface area is 245 Å². The van der Waals surface area contributed by atoms with Crippen molar-refractivity contribution >= 4 is 34.5 Å². The Bertz CT molecular complexity index is 1770. The molecule has 2 aromatic carbocycles. The number of anilines is 1. The molecule has 0 unspecified atom stereocenters. The smallest absolute Gasteiger partial charge is 0.337 e. The summed E-state index contributed by atoms with van der Waals surface area (Å²) in [5.74, 6) is -1.14. The normalized spacial score (nSPS) is 16.3. The van der Waals surface area contributed by atoms with E-state index in [1.807, 2.05) is 4.57 Å². The highest BCUT2D eigenvalue weighted by atomic mass is 19.1. The van der Waals surface area contributed by atoms with E-state index in [9.17, 15) is 18.4 Å². The van der Waals surface area contributed by atoms with Gasteiger partial charge < -0.3 is 23.7 Å². The molecule has 2 aliphatic rings. The fourth-order valence-corrected chi connectivity index (χ4v) is 5.03. The molecule has 0 aliphatic carbocycles. The standard InChI is InChI=1S/C30H26F2N6O5/c1-33-19-4-7-26(22(32)14-19)43-17-24-21(31)5-8-27(35-24)37-11-10-36(30(37)40)16-28-34-23-6-3-18(29(39)41-2)13-25(23)38(28)15-20-9-12-42-20/h3-8,13-14,20H,9-12,15-17H2,2H3/t20-/m0/s1. The third-order valence-corrected chi connectivity index (χ3v) is 7.44. The number of carbonyl (C=O) groups excluding carboxylic acids is 2. The van der Waals surface area contributed by atoms with Crippen molar-refractivity contribution in [3.63, 3.8) is 0 Å². The van der Waals surface area contributed by atoms with Crippen molar-refractivity contribution in [3.8, 4) is 5.75 Å². The Morgan fingerprint density at radius 2 is 1.95 bits per heavy atom. The third-order valence-electron chi connectivity index (χ3n) is 7.44. The number of halogens is 2. The Morgan fingerprint density at radius 3 is 2.67 bits per heavy atom. The van der Waals surface area contributed by atoms with Crippen molar-refractivity contribution in [1.82, 2.24) is 19.4 Å². The highest BCUT2D eigenvalue weighted by Gasteiger charge is 2.33. The van der Waals surface area contributed by atoms with Gasteiger partial charge in [0.1, 0.15) is 29.8 Å². The number of esters is 1. The molecule has 0 radical (unpaired) electrons. The zero-order valence-electron chi connectivity index (χ0n) is 23.1. The van der Waals surface area contributed by atoms with Crippen molar-refractivity contribution in [3.05, 3.63) is 88.7 Å². The van der Waals surface area contributed by atoms with Gasteiger partial charge in [0.25, 0.3) is 0 Å². The van der Waals surface area contributed by atoms with Crippen molar-refractivity contribution in [2.45, 2.75) is 32.2 Å². The molecule has 13 heteroatoms. The van der Waals surface area contributed by atoms with E-state index in [-0.39, 0.29) is 48.2 Å². The molecule has 2 amide bonds. The Morgan fingerprint density at radius 1 is 1.12 bits per heavy atom. The molecular formula is C30H26F2N6O5. The van der Waals surface area contributed by atoms with Gasteiger partial charge in [0.2, 0.25) is 0 Å². The summed E-state index contributed by atoms with van der Waals surface area (Å²) in [6.45, 7) is 8.68. The van der Waals surface area contributed by atoms with Crippen LogP contribution in [-0.2, 0) is 29.2 Å². The van der Waals surface area contributed by atoms with E-state index < -0.39 is 17.6 Å². The second-order valence-corrected chi connectivity index (χ2v) is 10.1. The van der Waals surface area contributed by atoms with Gasteiger partial charge in [-0.2, -0.15) is 0 Å². The van der Waals surface area contributed by atoms with Crippen LogP contribution in [0.2, 0.25) is 0 Å². The lowest BCUT2D eigenvalue weighted by atomic mass is 10.1. The molecule has 11 nitrogen and oxygen atoms in total. The number of hydrogen-bond acceptors (Lipinski definition) is 7. The highest BCUT2D eigenvalue weighted by molar-refractivity contribution is 5.94. The largest absolute Gasteiger partial charge is 0.484 e. The summed E-state index contributed by atoms with van der Waals surface area (Å²) in [5.41, 5.74) is 1.83. The van der Waals surface area contributed by atoms with Gasteiger partial charge in [-0.3, -0.25) is 4.90 Å². The summed E-state index contributed by atoms with van der Waals surface area (Å²) in [5, 5.41) is 0. The fourth-order valence-electron chi connectivity index (χ4n) is 5.03. The van der Waals surface area contributed by atoms with Crippen LogP contribution in [0.1, 0.15) is 28.3 Å². The minimum Gasteiger partial charge on any atom is -0.484 e. The quantitative estimate of drug-likeness (QED) is 0.203. The van der Waals surface area contributed by atoms with Crippen LogP contribution >= 0.6 is 0 Å². The third kappa shape index (κ3) is 5.56. The fraction of sp³-hybridized carbons (Fsp3) is 0.300. The molecule has 220 valence electrons. The summed E-state index contributed by atoms with van der Waals surface area (Å²) in [6.07, 6.45) is 0.903. The second kappa shape index (κ2) is 11.7. The molecule has 2 saturated heterocycles. The number of nitrogens with zero attached hydrogens (tertiary/aromatic N) is 6. The summed E-state index contributed by atoms with van der Waals surface area (Å²) >= 11 is 0. The lowest BCUT2D eigenvalue weighted by Gasteiger charge is -2.28. The Hall–Kier alpha value is -5.09. The average Bonchev–Trinajstić information content (AvgIpc) is 3.53. The molecule has 0 spiro atoms. The number of aromatic nitrogens is 3. The SMILES string of the molecule is [C-]#[N+]c1ccc(OCc2nc(N3CCN(Cc4nc5ccc(C(=O)OC)cc5n4C[C@@H]4CCO4)C3=O)ccc2F)c(F)c1. The van der Waals surface area contributed by atoms with Crippen molar-refractivity contribution in [2.24, 2.45) is 0 Å². The number of imidazole rings is 1. The topological polar surface area (TPSA) is 103 Å². The average molecular weight is 589 g/mol. The van der Waals surface area contributed by atoms with Crippen LogP contribution in [-0.4, -0.2) is 64.3 Å². The summed E-state index contributed by atoms with van der Waals surface area (Å²) in [4.78, 5) is 40.9. The van der Waals surface area contributed by atoms with Crippen molar-refractivity contribution < 1.29 is 32.6 Å². The molecular weight excluding hydrogens is 562 g/mol. The van der Waals surface area contributed by atoms with Crippen LogP contribution < -0.4 is 9.64 Å². The van der Waals surface area contributed by atoms with Gasteiger partial charge >= 0.3 is 12.0 Å².